The number of anilines is 8. The number of aromatic nitrogens is 4. The third kappa shape index (κ3) is 21.0. The Labute approximate surface area is 764 Å². The zero-order valence-electron chi connectivity index (χ0n) is 103. The summed E-state index contributed by atoms with van der Waals surface area (Å²) in [6, 6.07) is -1.99. The number of carbonyl (C=O) groups is 8. The van der Waals surface area contributed by atoms with Gasteiger partial charge in [0.15, 0.2) is 34.4 Å². The molecule has 0 fully saturated rings. The van der Waals surface area contributed by atoms with Crippen molar-refractivity contribution in [1.29, 1.82) is 0 Å². The van der Waals surface area contributed by atoms with Crippen LogP contribution in [0.5, 0.6) is 0 Å². The number of hydrogen-bond donors (Lipinski definition) is 8. The average molecular weight is 1830 g/mol. The third-order valence-electron chi connectivity index (χ3n) is 15.5. The van der Waals surface area contributed by atoms with Gasteiger partial charge in [0.2, 0.25) is 23.5 Å². The zero-order valence-corrected chi connectivity index (χ0v) is 69.9. The van der Waals surface area contributed by atoms with Gasteiger partial charge in [0.05, 0.1) is 56.5 Å². The van der Waals surface area contributed by atoms with Gasteiger partial charge in [0.25, 0.3) is 63.7 Å². The van der Waals surface area contributed by atoms with Gasteiger partial charge in [-0.1, -0.05) is 44.8 Å². The molecule has 0 atom stereocenters. The minimum Gasteiger partial charge on any atom is -0.337 e. The number of carbonyl (C=O) groups excluding carboxylic acids is 8. The number of thiophene rings is 4. The second-order valence-electron chi connectivity index (χ2n) is 24.3. The van der Waals surface area contributed by atoms with Crippen LogP contribution in [0.4, 0.5) is 46.3 Å². The van der Waals surface area contributed by atoms with E-state index in [9.17, 15) is 72.0 Å². The number of amides is 4. The summed E-state index contributed by atoms with van der Waals surface area (Å²) in [5.74, 6) is -12.5. The van der Waals surface area contributed by atoms with Crippen molar-refractivity contribution in [3.05, 3.63) is 225 Å². The van der Waals surface area contributed by atoms with Gasteiger partial charge in [-0.25, -0.2) is 52.5 Å². The number of Topliss-reactive ketones (excluding diaryl/α,β-unsaturated/α-hetero) is 4. The van der Waals surface area contributed by atoms with Crippen LogP contribution in [-0.2, 0) is 40.1 Å². The van der Waals surface area contributed by atoms with E-state index in [2.05, 4.69) is 25.1 Å². The molecule has 0 aliphatic heterocycles. The summed E-state index contributed by atoms with van der Waals surface area (Å²) < 4.78 is 441. The van der Waals surface area contributed by atoms with Crippen molar-refractivity contribution < 1.29 is 145 Å². The van der Waals surface area contributed by atoms with Crippen LogP contribution in [0, 0.1) is 110 Å². The number of rotatable bonds is 24. The highest BCUT2D eigenvalue weighted by molar-refractivity contribution is 7.94. The topological polar surface area (TPSA) is 473 Å². The first kappa shape index (κ1) is 50.9. The summed E-state index contributed by atoms with van der Waals surface area (Å²) in [7, 11) is -20.0. The molecule has 0 bridgehead atoms. The van der Waals surface area contributed by atoms with E-state index in [4.69, 9.17) is 68.7 Å². The fourth-order valence-corrected chi connectivity index (χ4v) is 18.7. The van der Waals surface area contributed by atoms with Gasteiger partial charge in [-0.15, -0.1) is 45.3 Å². The normalized spacial score (nSPS) is 17.0. The molecule has 0 saturated carbocycles. The van der Waals surface area contributed by atoms with Gasteiger partial charge in [0, 0.05) is 77.4 Å². The molecule has 0 unspecified atom stereocenters. The summed E-state index contributed by atoms with van der Waals surface area (Å²) in [6.07, 6.45) is 0. The Bertz CT molecular complexity index is 8430. The van der Waals surface area contributed by atoms with E-state index in [1.165, 1.54) is 60.8 Å². The van der Waals surface area contributed by atoms with E-state index in [1.807, 2.05) is 0 Å². The Morgan fingerprint density at radius 1 is 0.325 bits per heavy atom. The maximum absolute atomic E-state index is 13.6. The lowest BCUT2D eigenvalue weighted by Gasteiger charge is -2.14. The van der Waals surface area contributed by atoms with Crippen molar-refractivity contribution in [2.45, 2.75) is 157 Å². The lowest BCUT2D eigenvalue weighted by Crippen LogP contribution is -2.20. The molecule has 40 heteroatoms. The van der Waals surface area contributed by atoms with Crippen LogP contribution >= 0.6 is 45.3 Å². The number of ketones is 4. The van der Waals surface area contributed by atoms with Gasteiger partial charge in [-0.05, 0) is 252 Å². The predicted molar refractivity (Wildman–Crippen MR) is 460 cm³/mol. The molecule has 8 N–H and O–H groups in total. The molecule has 0 spiro atoms. The van der Waals surface area contributed by atoms with Gasteiger partial charge in [-0.3, -0.25) is 38.4 Å². The first-order chi connectivity index (χ1) is 72.6. The van der Waals surface area contributed by atoms with Crippen LogP contribution in [0.2, 0.25) is 11.3 Å². The lowest BCUT2D eigenvalue weighted by molar-refractivity contribution is 0.100. The molecule has 4 aromatic carbocycles. The molecule has 632 valence electrons. The Hall–Kier alpha value is -11.9. The highest BCUT2D eigenvalue weighted by atomic mass is 32.2. The number of sulfonamides is 4. The molecule has 8 aromatic heterocycles. The number of hydrogen-bond acceptors (Lipinski definition) is 28. The Morgan fingerprint density at radius 2 is 0.567 bits per heavy atom. The largest absolute Gasteiger partial charge is 0.337 e. The summed E-state index contributed by atoms with van der Waals surface area (Å²) in [6.45, 7) is -10.3. The monoisotopic (exact) mass is 1830 g/mol. The number of benzene rings is 4. The number of nitrogens with zero attached hydrogens (tertiary/aromatic N) is 4. The summed E-state index contributed by atoms with van der Waals surface area (Å²) in [4.78, 5) is 97.8. The maximum atomic E-state index is 13.6. The molecular weight excluding hydrogens is 1710 g/mol. The van der Waals surface area contributed by atoms with Crippen LogP contribution in [0.1, 0.15) is 241 Å². The third-order valence-corrected chi connectivity index (χ3v) is 24.9. The van der Waals surface area contributed by atoms with Gasteiger partial charge in [-0.2, -0.15) is 0 Å². The van der Waals surface area contributed by atoms with Crippen molar-refractivity contribution in [3.8, 4) is 0 Å². The standard InChI is InChI=1S/4C20H21N3O5S2/c4*1-10-8-11(2)17(15(9-10)14(5)24)21-19(25)18-16(6-7-29-18)30(26,27)23-20-12(3)13(4)22-28-20/h4*6-9,23H,1-5H3,(H,21,25)/i1D3,2D3,3D3,8D,9D;3D3,4D3,8D,9D;1D3,2D3,8D,9D;4D3,8D,9D/hD8. The molecule has 0 aliphatic carbocycles. The average Bonchev–Trinajstić information content (AvgIpc) is 1.19. The van der Waals surface area contributed by atoms with Crippen LogP contribution in [0.25, 0.3) is 0 Å². The Balaban J connectivity index is 0.000000235. The summed E-state index contributed by atoms with van der Waals surface area (Å²) in [5, 5.41) is 18.1. The minimum atomic E-state index is -5.15. The molecule has 32 nitrogen and oxygen atoms in total. The first-order valence-electron chi connectivity index (χ1n) is 52.5. The van der Waals surface area contributed by atoms with Crippen LogP contribution < -0.4 is 40.1 Å². The van der Waals surface area contributed by atoms with Crippen LogP contribution in [0.15, 0.2) is 132 Å². The molecule has 0 aliphatic rings. The Kier molecular flexibility index (Phi) is 15.8. The highest BCUT2D eigenvalue weighted by Gasteiger charge is 2.33. The van der Waals surface area contributed by atoms with Gasteiger partial charge < -0.3 is 39.3 Å². The zero-order chi connectivity index (χ0) is 123. The van der Waals surface area contributed by atoms with Gasteiger partial charge in [0.1, 0.15) is 39.1 Å². The molecule has 12 rings (SSSR count). The molecule has 4 amide bonds. The second kappa shape index (κ2) is 37.2. The van der Waals surface area contributed by atoms with Gasteiger partial charge >= 0.3 is 0 Å². The molecule has 8 heterocycles. The van der Waals surface area contributed by atoms with Crippen molar-refractivity contribution in [1.82, 2.24) is 20.6 Å². The van der Waals surface area contributed by atoms with Crippen LogP contribution in [0.3, 0.4) is 0 Å². The van der Waals surface area contributed by atoms with Crippen LogP contribution in [-0.4, -0.2) is 101 Å². The van der Waals surface area contributed by atoms with Crippen molar-refractivity contribution in [2.24, 2.45) is 0 Å². The molecule has 0 saturated heterocycles. The fourth-order valence-electron chi connectivity index (χ4n) is 9.72. The molecule has 12 aromatic rings. The van der Waals surface area contributed by atoms with E-state index in [0.717, 1.165) is 68.1 Å². The van der Waals surface area contributed by atoms with E-state index < -0.39 is 306 Å². The quantitative estimate of drug-likeness (QED) is 0.0260. The SMILES string of the molecule is [2H]c1c(C(C)=O)c(N([2H])C(=O)c2sccc2S(=O)(=O)N([2H])c2onc(C)c2C([2H])([2H])[2H])c(C([2H])([2H])[2H])c([2H])c1C([2H])([2H])[2H].[2H]c1c(C(C)=O)c(N([2H])C(=O)c2sccc2S(=O)(=O)N([2H])c2onc(C)c2C)c(C([2H])([2H])[2H])c([2H])c1C([2H])([2H])[2H].[2H]c1c(C)c([2H])c(C(C)=O)c(N([2H])C(=O)c2sccc2S(=O)(=O)N([2H])c2onc(C([2H])([2H])[2H])c2C([2H])([2H])[2H])c1C.[2H]c1c(C)c([2H])c(C(C)=O)c(N([2H])C(=O)c2sccc2S(=O)(=O)N([2H])c2onc(C([2H])([2H])[2H])c2C)c1C. The second-order valence-corrected chi connectivity index (χ2v) is 34.3. The number of aryl methyl sites for hydroxylation is 4. The predicted octanol–water partition coefficient (Wildman–Crippen LogP) is 16.9. The van der Waals surface area contributed by atoms with E-state index in [-0.39, 0.29) is 115 Å². The molecule has 120 heavy (non-hydrogen) atoms. The molecular formula is C80H84N12O20S8. The minimum absolute atomic E-state index is 0.00584. The lowest BCUT2D eigenvalue weighted by atomic mass is 10.0. The fraction of sp³-hybridized carbons (Fsp3) is 0.250. The summed E-state index contributed by atoms with van der Waals surface area (Å²) in [5.41, 5.74) is -13.0. The van der Waals surface area contributed by atoms with E-state index in [0.29, 0.717) is 51.0 Å². The first-order valence-corrected chi connectivity index (χ1v) is 42.2. The van der Waals surface area contributed by atoms with Crippen molar-refractivity contribution in [2.75, 3.05) is 40.1 Å². The van der Waals surface area contributed by atoms with E-state index >= 15 is 0 Å². The molecule has 0 radical (unpaired) electrons. The Morgan fingerprint density at radius 3 is 0.825 bits per heavy atom. The summed E-state index contributed by atoms with van der Waals surface area (Å²) >= 11 is 2.12. The van der Waals surface area contributed by atoms with Crippen molar-refractivity contribution in [3.63, 3.8) is 0 Å². The van der Waals surface area contributed by atoms with E-state index in [1.54, 1.807) is 0 Å². The van der Waals surface area contributed by atoms with Crippen molar-refractivity contribution >= 4 is 178 Å². The number of nitrogens with one attached hydrogen (secondary N) is 8. The highest BCUT2D eigenvalue weighted by Crippen LogP contribution is 2.36. The maximum Gasteiger partial charge on any atom is 0.267 e. The smallest absolute Gasteiger partial charge is 0.267 e.